The van der Waals surface area contributed by atoms with Crippen LogP contribution < -0.4 is 10.2 Å². The van der Waals surface area contributed by atoms with E-state index in [4.69, 9.17) is 5.11 Å². The number of thiazole rings is 1. The second kappa shape index (κ2) is 6.51. The first-order valence-corrected chi connectivity index (χ1v) is 6.85. The van der Waals surface area contributed by atoms with Crippen LogP contribution in [0.2, 0.25) is 0 Å². The smallest absolute Gasteiger partial charge is 0.307 e. The van der Waals surface area contributed by atoms with E-state index in [2.05, 4.69) is 5.32 Å². The molecule has 106 valence electrons. The third kappa shape index (κ3) is 4.51. The summed E-state index contributed by atoms with van der Waals surface area (Å²) in [7, 11) is 0. The molecule has 1 heterocycles. The van der Waals surface area contributed by atoms with Crippen LogP contribution in [-0.2, 0) is 16.1 Å². The van der Waals surface area contributed by atoms with Gasteiger partial charge < -0.3 is 10.4 Å². The summed E-state index contributed by atoms with van der Waals surface area (Å²) < 4.78 is 1.37. The average molecular weight is 286 g/mol. The topological polar surface area (TPSA) is 88.4 Å². The summed E-state index contributed by atoms with van der Waals surface area (Å²) in [6.45, 7) is 5.37. The van der Waals surface area contributed by atoms with Gasteiger partial charge in [0.25, 0.3) is 0 Å². The molecule has 0 aliphatic carbocycles. The minimum Gasteiger partial charge on any atom is -0.481 e. The van der Waals surface area contributed by atoms with E-state index in [-0.39, 0.29) is 29.7 Å². The summed E-state index contributed by atoms with van der Waals surface area (Å²) >= 11 is 1.04. The van der Waals surface area contributed by atoms with E-state index in [0.29, 0.717) is 0 Å². The Balaban J connectivity index is 2.68. The van der Waals surface area contributed by atoms with E-state index in [1.165, 1.54) is 4.57 Å². The monoisotopic (exact) mass is 286 g/mol. The van der Waals surface area contributed by atoms with Crippen molar-refractivity contribution < 1.29 is 14.7 Å². The maximum Gasteiger partial charge on any atom is 0.307 e. The van der Waals surface area contributed by atoms with Gasteiger partial charge >= 0.3 is 10.8 Å². The van der Waals surface area contributed by atoms with Gasteiger partial charge in [0.05, 0.1) is 6.42 Å². The van der Waals surface area contributed by atoms with Gasteiger partial charge in [-0.25, -0.2) is 0 Å². The van der Waals surface area contributed by atoms with Gasteiger partial charge in [0.15, 0.2) is 0 Å². The molecule has 0 saturated heterocycles. The standard InChI is InChI=1S/C12H18N2O4S/c1-7(2)9(4-11(16)17)13-10(15)5-14-8(3)6-19-12(14)18/h6-7,9H,4-5H2,1-3H3,(H,13,15)(H,16,17). The van der Waals surface area contributed by atoms with Crippen molar-refractivity contribution in [1.82, 2.24) is 9.88 Å². The highest BCUT2D eigenvalue weighted by molar-refractivity contribution is 7.07. The second-order valence-corrected chi connectivity index (χ2v) is 5.57. The summed E-state index contributed by atoms with van der Waals surface area (Å²) in [5, 5.41) is 13.1. The highest BCUT2D eigenvalue weighted by Crippen LogP contribution is 2.06. The molecule has 0 fully saturated rings. The molecule has 1 rings (SSSR count). The molecule has 7 heteroatoms. The van der Waals surface area contributed by atoms with Crippen LogP contribution in [0.1, 0.15) is 26.0 Å². The lowest BCUT2D eigenvalue weighted by Gasteiger charge is -2.20. The predicted octanol–water partition coefficient (Wildman–Crippen LogP) is 0.834. The Morgan fingerprint density at radius 1 is 1.47 bits per heavy atom. The first kappa shape index (κ1) is 15.4. The molecule has 2 N–H and O–H groups in total. The van der Waals surface area contributed by atoms with Crippen LogP contribution >= 0.6 is 11.3 Å². The van der Waals surface area contributed by atoms with Gasteiger partial charge in [0, 0.05) is 17.1 Å². The molecule has 19 heavy (non-hydrogen) atoms. The Kier molecular flexibility index (Phi) is 5.29. The Morgan fingerprint density at radius 2 is 2.11 bits per heavy atom. The van der Waals surface area contributed by atoms with Gasteiger partial charge in [0.2, 0.25) is 5.91 Å². The average Bonchev–Trinajstić information content (AvgIpc) is 2.59. The first-order valence-electron chi connectivity index (χ1n) is 5.97. The third-order valence-corrected chi connectivity index (χ3v) is 3.70. The van der Waals surface area contributed by atoms with Crippen molar-refractivity contribution in [1.29, 1.82) is 0 Å². The highest BCUT2D eigenvalue weighted by Gasteiger charge is 2.20. The van der Waals surface area contributed by atoms with E-state index < -0.39 is 12.0 Å². The van der Waals surface area contributed by atoms with E-state index >= 15 is 0 Å². The molecule has 0 radical (unpaired) electrons. The zero-order valence-electron chi connectivity index (χ0n) is 11.2. The van der Waals surface area contributed by atoms with Crippen LogP contribution in [0.4, 0.5) is 0 Å². The zero-order chi connectivity index (χ0) is 14.6. The minimum absolute atomic E-state index is 0.0142. The molecule has 1 unspecified atom stereocenters. The molecule has 0 aliphatic heterocycles. The molecule has 1 amide bonds. The van der Waals surface area contributed by atoms with Crippen LogP contribution in [0.5, 0.6) is 0 Å². The number of carbonyl (C=O) groups is 2. The molecule has 0 spiro atoms. The number of carboxylic acid groups (broad SMARTS) is 1. The molecule has 0 bridgehead atoms. The number of aromatic nitrogens is 1. The normalized spacial score (nSPS) is 12.4. The number of hydrogen-bond acceptors (Lipinski definition) is 4. The Labute approximate surface area is 115 Å². The van der Waals surface area contributed by atoms with Crippen molar-refractivity contribution in [2.24, 2.45) is 5.92 Å². The lowest BCUT2D eigenvalue weighted by Crippen LogP contribution is -2.42. The maximum atomic E-state index is 11.9. The molecule has 1 atom stereocenters. The van der Waals surface area contributed by atoms with Crippen molar-refractivity contribution in [3.05, 3.63) is 20.7 Å². The van der Waals surface area contributed by atoms with Crippen molar-refractivity contribution in [2.45, 2.75) is 39.8 Å². The van der Waals surface area contributed by atoms with Gasteiger partial charge in [-0.15, -0.1) is 0 Å². The Morgan fingerprint density at radius 3 is 2.53 bits per heavy atom. The highest BCUT2D eigenvalue weighted by atomic mass is 32.1. The number of nitrogens with zero attached hydrogens (tertiary/aromatic N) is 1. The summed E-state index contributed by atoms with van der Waals surface area (Å²) in [5.41, 5.74) is 0.726. The summed E-state index contributed by atoms with van der Waals surface area (Å²) in [6.07, 6.45) is -0.124. The summed E-state index contributed by atoms with van der Waals surface area (Å²) in [6, 6.07) is -0.431. The number of aryl methyl sites for hydroxylation is 1. The maximum absolute atomic E-state index is 11.9. The number of carboxylic acids is 1. The van der Waals surface area contributed by atoms with Crippen molar-refractivity contribution in [2.75, 3.05) is 0 Å². The number of carbonyl (C=O) groups excluding carboxylic acids is 1. The number of amides is 1. The molecule has 1 aromatic rings. The molecule has 1 aromatic heterocycles. The van der Waals surface area contributed by atoms with Crippen LogP contribution in [0.25, 0.3) is 0 Å². The van der Waals surface area contributed by atoms with Crippen LogP contribution in [0, 0.1) is 12.8 Å². The van der Waals surface area contributed by atoms with Gasteiger partial charge in [-0.2, -0.15) is 0 Å². The molecule has 6 nitrogen and oxygen atoms in total. The van der Waals surface area contributed by atoms with Gasteiger partial charge in [-0.05, 0) is 12.8 Å². The number of hydrogen-bond donors (Lipinski definition) is 2. The SMILES string of the molecule is Cc1csc(=O)n1CC(=O)NC(CC(=O)O)C(C)C. The number of nitrogens with one attached hydrogen (secondary N) is 1. The molecule has 0 aromatic carbocycles. The first-order chi connectivity index (χ1) is 8.81. The second-order valence-electron chi connectivity index (χ2n) is 4.75. The van der Waals surface area contributed by atoms with Crippen LogP contribution in [-0.4, -0.2) is 27.6 Å². The van der Waals surface area contributed by atoms with E-state index in [1.807, 2.05) is 13.8 Å². The largest absolute Gasteiger partial charge is 0.481 e. The fourth-order valence-electron chi connectivity index (χ4n) is 1.63. The van der Waals surface area contributed by atoms with Crippen molar-refractivity contribution in [3.8, 4) is 0 Å². The Hall–Kier alpha value is -1.63. The van der Waals surface area contributed by atoms with Crippen LogP contribution in [0.3, 0.4) is 0 Å². The van der Waals surface area contributed by atoms with Gasteiger partial charge in [-0.3, -0.25) is 19.0 Å². The third-order valence-electron chi connectivity index (χ3n) is 2.82. The molecule has 0 aliphatic rings. The number of rotatable bonds is 6. The zero-order valence-corrected chi connectivity index (χ0v) is 12.0. The van der Waals surface area contributed by atoms with E-state index in [0.717, 1.165) is 17.0 Å². The van der Waals surface area contributed by atoms with Gasteiger partial charge in [-0.1, -0.05) is 25.2 Å². The van der Waals surface area contributed by atoms with Crippen LogP contribution in [0.15, 0.2) is 10.2 Å². The van der Waals surface area contributed by atoms with E-state index in [1.54, 1.807) is 12.3 Å². The fraction of sp³-hybridized carbons (Fsp3) is 0.583. The van der Waals surface area contributed by atoms with Crippen molar-refractivity contribution >= 4 is 23.2 Å². The fourth-order valence-corrected chi connectivity index (χ4v) is 2.37. The lowest BCUT2D eigenvalue weighted by atomic mass is 10.0. The van der Waals surface area contributed by atoms with E-state index in [9.17, 15) is 14.4 Å². The van der Waals surface area contributed by atoms with Gasteiger partial charge in [0.1, 0.15) is 6.54 Å². The summed E-state index contributed by atoms with van der Waals surface area (Å²) in [4.78, 5) is 33.9. The quantitative estimate of drug-likeness (QED) is 0.811. The molecule has 0 saturated carbocycles. The predicted molar refractivity (Wildman–Crippen MR) is 72.3 cm³/mol. The molecular weight excluding hydrogens is 268 g/mol. The van der Waals surface area contributed by atoms with Crippen molar-refractivity contribution in [3.63, 3.8) is 0 Å². The Bertz CT molecular complexity index is 518. The lowest BCUT2D eigenvalue weighted by molar-refractivity contribution is -0.138. The molecular formula is C12H18N2O4S. The number of aliphatic carboxylic acids is 1. The summed E-state index contributed by atoms with van der Waals surface area (Å²) in [5.74, 6) is -1.29. The minimum atomic E-state index is -0.956.